The molecular formula is C15H29N3O2. The van der Waals surface area contributed by atoms with Crippen LogP contribution >= 0.6 is 0 Å². The van der Waals surface area contributed by atoms with E-state index in [0.29, 0.717) is 19.6 Å². The summed E-state index contributed by atoms with van der Waals surface area (Å²) in [6.07, 6.45) is 5.53. The fourth-order valence-electron chi connectivity index (χ4n) is 2.65. The molecule has 4 N–H and O–H groups in total. The summed E-state index contributed by atoms with van der Waals surface area (Å²) in [5.41, 5.74) is 5.41. The molecule has 1 fully saturated rings. The molecule has 1 aliphatic carbocycles. The summed E-state index contributed by atoms with van der Waals surface area (Å²) in [5.74, 6) is 0.366. The van der Waals surface area contributed by atoms with E-state index in [1.54, 1.807) is 0 Å². The maximum absolute atomic E-state index is 12.4. The Labute approximate surface area is 122 Å². The summed E-state index contributed by atoms with van der Waals surface area (Å²) in [7, 11) is 0. The van der Waals surface area contributed by atoms with Crippen molar-refractivity contribution in [1.29, 1.82) is 0 Å². The molecule has 0 aromatic heterocycles. The number of nitrogens with two attached hydrogens (primary N) is 1. The Hall–Kier alpha value is -1.10. The second kappa shape index (κ2) is 8.25. The van der Waals surface area contributed by atoms with Crippen LogP contribution < -0.4 is 16.4 Å². The van der Waals surface area contributed by atoms with Crippen molar-refractivity contribution in [1.82, 2.24) is 10.6 Å². The second-order valence-electron chi connectivity index (χ2n) is 5.81. The van der Waals surface area contributed by atoms with Crippen molar-refractivity contribution in [3.05, 3.63) is 0 Å². The second-order valence-corrected chi connectivity index (χ2v) is 5.81. The minimum absolute atomic E-state index is 0.0318. The molecule has 0 aliphatic heterocycles. The molecule has 1 saturated carbocycles. The Morgan fingerprint density at radius 3 is 2.10 bits per heavy atom. The Morgan fingerprint density at radius 2 is 1.65 bits per heavy atom. The number of carbonyl (C=O) groups excluding carboxylic acids is 2. The lowest BCUT2D eigenvalue weighted by Gasteiger charge is -2.30. The monoisotopic (exact) mass is 283 g/mol. The number of rotatable bonds is 10. The number of carbonyl (C=O) groups is 2. The molecule has 116 valence electrons. The SMILES string of the molecule is CCCC(CN)(CCC)C(=O)NCCNC(=O)C1CC1. The predicted octanol–water partition coefficient (Wildman–Crippen LogP) is 1.17. The highest BCUT2D eigenvalue weighted by Crippen LogP contribution is 2.29. The van der Waals surface area contributed by atoms with E-state index in [-0.39, 0.29) is 17.7 Å². The van der Waals surface area contributed by atoms with Crippen molar-refractivity contribution < 1.29 is 9.59 Å². The highest BCUT2D eigenvalue weighted by atomic mass is 16.2. The lowest BCUT2D eigenvalue weighted by Crippen LogP contribution is -2.47. The highest BCUT2D eigenvalue weighted by Gasteiger charge is 2.35. The predicted molar refractivity (Wildman–Crippen MR) is 80.0 cm³/mol. The Morgan fingerprint density at radius 1 is 1.10 bits per heavy atom. The summed E-state index contributed by atoms with van der Waals surface area (Å²) in [4.78, 5) is 23.8. The van der Waals surface area contributed by atoms with E-state index in [4.69, 9.17) is 5.73 Å². The first-order valence-corrected chi connectivity index (χ1v) is 7.85. The van der Waals surface area contributed by atoms with Gasteiger partial charge in [-0.1, -0.05) is 26.7 Å². The van der Waals surface area contributed by atoms with Gasteiger partial charge in [-0.15, -0.1) is 0 Å². The van der Waals surface area contributed by atoms with E-state index in [1.807, 2.05) is 0 Å². The van der Waals surface area contributed by atoms with E-state index in [9.17, 15) is 9.59 Å². The molecule has 0 saturated heterocycles. The molecule has 0 heterocycles. The summed E-state index contributed by atoms with van der Waals surface area (Å²) in [6, 6.07) is 0. The average molecular weight is 283 g/mol. The van der Waals surface area contributed by atoms with Crippen molar-refractivity contribution in [3.63, 3.8) is 0 Å². The fraction of sp³-hybridized carbons (Fsp3) is 0.867. The topological polar surface area (TPSA) is 84.2 Å². The fourth-order valence-corrected chi connectivity index (χ4v) is 2.65. The number of amides is 2. The third-order valence-electron chi connectivity index (χ3n) is 3.99. The third kappa shape index (κ3) is 4.78. The van der Waals surface area contributed by atoms with Gasteiger partial charge in [0, 0.05) is 25.6 Å². The molecule has 1 aliphatic rings. The van der Waals surface area contributed by atoms with Gasteiger partial charge in [0.2, 0.25) is 11.8 Å². The quantitative estimate of drug-likeness (QED) is 0.526. The van der Waals surface area contributed by atoms with Crippen LogP contribution in [0.1, 0.15) is 52.4 Å². The average Bonchev–Trinajstić information content (AvgIpc) is 3.27. The van der Waals surface area contributed by atoms with Gasteiger partial charge < -0.3 is 16.4 Å². The van der Waals surface area contributed by atoms with E-state index in [0.717, 1.165) is 38.5 Å². The van der Waals surface area contributed by atoms with Gasteiger partial charge in [-0.3, -0.25) is 9.59 Å². The van der Waals surface area contributed by atoms with Gasteiger partial charge in [-0.05, 0) is 25.7 Å². The minimum Gasteiger partial charge on any atom is -0.354 e. The number of nitrogens with one attached hydrogen (secondary N) is 2. The van der Waals surface area contributed by atoms with Crippen molar-refractivity contribution in [2.24, 2.45) is 17.1 Å². The van der Waals surface area contributed by atoms with Crippen LogP contribution in [-0.2, 0) is 9.59 Å². The van der Waals surface area contributed by atoms with E-state index in [2.05, 4.69) is 24.5 Å². The molecular weight excluding hydrogens is 254 g/mol. The van der Waals surface area contributed by atoms with Gasteiger partial charge in [0.15, 0.2) is 0 Å². The zero-order chi connectivity index (χ0) is 15.0. The maximum Gasteiger partial charge on any atom is 0.227 e. The lowest BCUT2D eigenvalue weighted by atomic mass is 9.78. The molecule has 1 rings (SSSR count). The van der Waals surface area contributed by atoms with Crippen LogP contribution in [0.2, 0.25) is 0 Å². The van der Waals surface area contributed by atoms with Crippen molar-refractivity contribution in [2.45, 2.75) is 52.4 Å². The van der Waals surface area contributed by atoms with Gasteiger partial charge >= 0.3 is 0 Å². The third-order valence-corrected chi connectivity index (χ3v) is 3.99. The Balaban J connectivity index is 2.34. The summed E-state index contributed by atoms with van der Waals surface area (Å²) in [6.45, 7) is 5.51. The molecule has 5 heteroatoms. The summed E-state index contributed by atoms with van der Waals surface area (Å²) in [5, 5.41) is 5.77. The molecule has 0 aromatic carbocycles. The smallest absolute Gasteiger partial charge is 0.227 e. The zero-order valence-corrected chi connectivity index (χ0v) is 12.8. The molecule has 0 spiro atoms. The minimum atomic E-state index is -0.440. The standard InChI is InChI=1S/C15H29N3O2/c1-3-7-15(11-16,8-4-2)14(20)18-10-9-17-13(19)12-5-6-12/h12H,3-11,16H2,1-2H3,(H,17,19)(H,18,20). The van der Waals surface area contributed by atoms with Gasteiger partial charge in [0.05, 0.1) is 5.41 Å². The Bertz CT molecular complexity index is 321. The molecule has 5 nitrogen and oxygen atoms in total. The van der Waals surface area contributed by atoms with E-state index in [1.165, 1.54) is 0 Å². The van der Waals surface area contributed by atoms with E-state index >= 15 is 0 Å². The van der Waals surface area contributed by atoms with Crippen molar-refractivity contribution >= 4 is 11.8 Å². The van der Waals surface area contributed by atoms with Crippen LogP contribution in [0, 0.1) is 11.3 Å². The van der Waals surface area contributed by atoms with Gasteiger partial charge in [-0.25, -0.2) is 0 Å². The molecule has 0 unspecified atom stereocenters. The first-order valence-electron chi connectivity index (χ1n) is 7.85. The van der Waals surface area contributed by atoms with Crippen LogP contribution in [0.4, 0.5) is 0 Å². The lowest BCUT2D eigenvalue weighted by molar-refractivity contribution is -0.131. The Kier molecular flexibility index (Phi) is 6.99. The molecule has 0 atom stereocenters. The molecule has 0 bridgehead atoms. The molecule has 0 radical (unpaired) electrons. The van der Waals surface area contributed by atoms with Crippen molar-refractivity contribution in [2.75, 3.05) is 19.6 Å². The summed E-state index contributed by atoms with van der Waals surface area (Å²) < 4.78 is 0. The van der Waals surface area contributed by atoms with Gasteiger partial charge in [0.1, 0.15) is 0 Å². The number of hydrogen-bond donors (Lipinski definition) is 3. The first kappa shape index (κ1) is 17.0. The van der Waals surface area contributed by atoms with Crippen LogP contribution in [-0.4, -0.2) is 31.4 Å². The summed E-state index contributed by atoms with van der Waals surface area (Å²) >= 11 is 0. The van der Waals surface area contributed by atoms with Crippen LogP contribution in [0.5, 0.6) is 0 Å². The van der Waals surface area contributed by atoms with E-state index < -0.39 is 5.41 Å². The molecule has 20 heavy (non-hydrogen) atoms. The normalized spacial score (nSPS) is 14.9. The zero-order valence-electron chi connectivity index (χ0n) is 12.8. The van der Waals surface area contributed by atoms with Crippen molar-refractivity contribution in [3.8, 4) is 0 Å². The molecule has 2 amide bonds. The largest absolute Gasteiger partial charge is 0.354 e. The first-order chi connectivity index (χ1) is 9.59. The number of hydrogen-bond acceptors (Lipinski definition) is 3. The maximum atomic E-state index is 12.4. The highest BCUT2D eigenvalue weighted by molar-refractivity contribution is 5.83. The van der Waals surface area contributed by atoms with Gasteiger partial charge in [-0.2, -0.15) is 0 Å². The van der Waals surface area contributed by atoms with Crippen LogP contribution in [0.3, 0.4) is 0 Å². The molecule has 0 aromatic rings. The van der Waals surface area contributed by atoms with Gasteiger partial charge in [0.25, 0.3) is 0 Å². The van der Waals surface area contributed by atoms with Crippen LogP contribution in [0.15, 0.2) is 0 Å². The van der Waals surface area contributed by atoms with Crippen LogP contribution in [0.25, 0.3) is 0 Å².